The second kappa shape index (κ2) is 4.43. The summed E-state index contributed by atoms with van der Waals surface area (Å²) < 4.78 is 0. The first-order chi connectivity index (χ1) is 6.39. The predicted molar refractivity (Wildman–Crippen MR) is 64.1 cm³/mol. The Bertz CT molecular complexity index is 237. The summed E-state index contributed by atoms with van der Waals surface area (Å²) in [7, 11) is -1.17. The fraction of sp³-hybridized carbons (Fsp3) is 0.750. The third kappa shape index (κ3) is 3.41. The van der Waals surface area contributed by atoms with Crippen LogP contribution in [0.2, 0.25) is 19.6 Å². The van der Waals surface area contributed by atoms with E-state index < -0.39 is 8.07 Å². The maximum Gasteiger partial charge on any atom is 0.133 e. The van der Waals surface area contributed by atoms with Crippen molar-refractivity contribution in [3.8, 4) is 0 Å². The number of hydrogen-bond donors (Lipinski definition) is 0. The van der Waals surface area contributed by atoms with Crippen molar-refractivity contribution in [1.82, 2.24) is 0 Å². The summed E-state index contributed by atoms with van der Waals surface area (Å²) in [4.78, 5) is 11.3. The molecule has 0 radical (unpaired) electrons. The number of rotatable bonds is 3. The molecule has 1 unspecified atom stereocenters. The van der Waals surface area contributed by atoms with Crippen LogP contribution in [0.5, 0.6) is 0 Å². The number of hydrogen-bond acceptors (Lipinski definition) is 1. The summed E-state index contributed by atoms with van der Waals surface area (Å²) >= 11 is 0. The number of Topliss-reactive ketones (excluding diaryl/α,β-unsaturated/α-hetero) is 1. The fourth-order valence-corrected chi connectivity index (χ4v) is 2.84. The molecule has 1 aliphatic carbocycles. The summed E-state index contributed by atoms with van der Waals surface area (Å²) in [6, 6.07) is 0. The van der Waals surface area contributed by atoms with Crippen LogP contribution in [0.4, 0.5) is 0 Å². The SMILES string of the molecule is C=C(CC1CCCC(=O)C1)[Si](C)(C)C. The Hall–Kier alpha value is -0.373. The Labute approximate surface area is 88.6 Å². The molecule has 14 heavy (non-hydrogen) atoms. The standard InChI is InChI=1S/C12H22OSi/c1-10(14(2,3)4)8-11-6-5-7-12(13)9-11/h11H,1,5-9H2,2-4H3. The van der Waals surface area contributed by atoms with Crippen molar-refractivity contribution in [3.63, 3.8) is 0 Å². The monoisotopic (exact) mass is 210 g/mol. The highest BCUT2D eigenvalue weighted by molar-refractivity contribution is 6.82. The third-order valence-corrected chi connectivity index (χ3v) is 5.51. The van der Waals surface area contributed by atoms with Gasteiger partial charge in [0.25, 0.3) is 0 Å². The summed E-state index contributed by atoms with van der Waals surface area (Å²) in [6.45, 7) is 11.2. The second-order valence-corrected chi connectivity index (χ2v) is 10.8. The molecule has 0 aromatic carbocycles. The largest absolute Gasteiger partial charge is 0.300 e. The normalized spacial score (nSPS) is 23.6. The molecule has 0 aromatic rings. The molecule has 0 bridgehead atoms. The van der Waals surface area contributed by atoms with Crippen LogP contribution in [0.3, 0.4) is 0 Å². The summed E-state index contributed by atoms with van der Waals surface area (Å²) in [6.07, 6.45) is 5.05. The molecule has 0 aromatic heterocycles. The lowest BCUT2D eigenvalue weighted by Gasteiger charge is -2.26. The molecule has 1 atom stereocenters. The Balaban J connectivity index is 2.44. The summed E-state index contributed by atoms with van der Waals surface area (Å²) in [5.74, 6) is 1.07. The number of ketones is 1. The van der Waals surface area contributed by atoms with E-state index in [9.17, 15) is 4.79 Å². The van der Waals surface area contributed by atoms with E-state index >= 15 is 0 Å². The summed E-state index contributed by atoms with van der Waals surface area (Å²) in [5, 5.41) is 1.43. The average molecular weight is 210 g/mol. The molecular formula is C12H22OSi. The van der Waals surface area contributed by atoms with Gasteiger partial charge in [0.15, 0.2) is 0 Å². The van der Waals surface area contributed by atoms with Gasteiger partial charge in [-0.05, 0) is 25.2 Å². The van der Waals surface area contributed by atoms with Crippen LogP contribution in [0.15, 0.2) is 11.8 Å². The predicted octanol–water partition coefficient (Wildman–Crippen LogP) is 3.57. The van der Waals surface area contributed by atoms with E-state index in [0.29, 0.717) is 11.7 Å². The molecule has 1 rings (SSSR count). The third-order valence-electron chi connectivity index (χ3n) is 3.18. The molecule has 0 spiro atoms. The van der Waals surface area contributed by atoms with Gasteiger partial charge in [-0.3, -0.25) is 4.79 Å². The zero-order valence-electron chi connectivity index (χ0n) is 9.73. The first kappa shape index (κ1) is 11.7. The van der Waals surface area contributed by atoms with Crippen molar-refractivity contribution in [2.45, 2.75) is 51.7 Å². The van der Waals surface area contributed by atoms with E-state index in [-0.39, 0.29) is 0 Å². The van der Waals surface area contributed by atoms with Gasteiger partial charge >= 0.3 is 0 Å². The lowest BCUT2D eigenvalue weighted by atomic mass is 9.86. The molecule has 1 fully saturated rings. The molecule has 1 saturated carbocycles. The smallest absolute Gasteiger partial charge is 0.133 e. The van der Waals surface area contributed by atoms with Gasteiger partial charge in [-0.15, -0.1) is 6.58 Å². The first-order valence-electron chi connectivity index (χ1n) is 5.59. The Morgan fingerprint density at radius 3 is 2.64 bits per heavy atom. The van der Waals surface area contributed by atoms with Gasteiger partial charge in [0, 0.05) is 12.8 Å². The minimum Gasteiger partial charge on any atom is -0.300 e. The van der Waals surface area contributed by atoms with E-state index in [2.05, 4.69) is 26.2 Å². The van der Waals surface area contributed by atoms with Crippen molar-refractivity contribution in [3.05, 3.63) is 11.8 Å². The van der Waals surface area contributed by atoms with Crippen molar-refractivity contribution in [2.75, 3.05) is 0 Å². The highest BCUT2D eigenvalue weighted by atomic mass is 28.3. The molecule has 0 N–H and O–H groups in total. The van der Waals surface area contributed by atoms with Gasteiger partial charge in [0.1, 0.15) is 5.78 Å². The van der Waals surface area contributed by atoms with Crippen LogP contribution in [0.25, 0.3) is 0 Å². The highest BCUT2D eigenvalue weighted by Crippen LogP contribution is 2.29. The zero-order valence-corrected chi connectivity index (χ0v) is 10.7. The maximum absolute atomic E-state index is 11.3. The van der Waals surface area contributed by atoms with E-state index in [1.54, 1.807) is 0 Å². The highest BCUT2D eigenvalue weighted by Gasteiger charge is 2.24. The molecule has 1 aliphatic rings. The Morgan fingerprint density at radius 1 is 1.50 bits per heavy atom. The van der Waals surface area contributed by atoms with Crippen LogP contribution in [-0.4, -0.2) is 13.9 Å². The van der Waals surface area contributed by atoms with Gasteiger partial charge in [0.2, 0.25) is 0 Å². The van der Waals surface area contributed by atoms with Crippen molar-refractivity contribution in [2.24, 2.45) is 5.92 Å². The van der Waals surface area contributed by atoms with Crippen molar-refractivity contribution in [1.29, 1.82) is 0 Å². The minimum atomic E-state index is -1.17. The second-order valence-electron chi connectivity index (χ2n) is 5.56. The first-order valence-corrected chi connectivity index (χ1v) is 9.09. The van der Waals surface area contributed by atoms with Crippen molar-refractivity contribution >= 4 is 13.9 Å². The van der Waals surface area contributed by atoms with Crippen LogP contribution >= 0.6 is 0 Å². The number of carbonyl (C=O) groups excluding carboxylic acids is 1. The van der Waals surface area contributed by atoms with Crippen LogP contribution < -0.4 is 0 Å². The van der Waals surface area contributed by atoms with E-state index in [0.717, 1.165) is 25.7 Å². The summed E-state index contributed by atoms with van der Waals surface area (Å²) in [5.41, 5.74) is 0. The van der Waals surface area contributed by atoms with Crippen LogP contribution in [0.1, 0.15) is 32.1 Å². The van der Waals surface area contributed by atoms with E-state index in [4.69, 9.17) is 0 Å². The maximum atomic E-state index is 11.3. The molecule has 1 nitrogen and oxygen atoms in total. The molecule has 2 heteroatoms. The topological polar surface area (TPSA) is 17.1 Å². The van der Waals surface area contributed by atoms with Gasteiger partial charge in [-0.2, -0.15) is 0 Å². The van der Waals surface area contributed by atoms with Gasteiger partial charge in [0.05, 0.1) is 8.07 Å². The number of allylic oxidation sites excluding steroid dienone is 1. The zero-order chi connectivity index (χ0) is 10.8. The Morgan fingerprint density at radius 2 is 2.14 bits per heavy atom. The molecule has 80 valence electrons. The fourth-order valence-electron chi connectivity index (χ4n) is 1.94. The lowest BCUT2D eigenvalue weighted by Crippen LogP contribution is -2.26. The minimum absolute atomic E-state index is 0.463. The van der Waals surface area contributed by atoms with Gasteiger partial charge in [-0.25, -0.2) is 0 Å². The van der Waals surface area contributed by atoms with Gasteiger partial charge in [-0.1, -0.05) is 24.8 Å². The Kier molecular flexibility index (Phi) is 3.70. The molecule has 0 heterocycles. The van der Waals surface area contributed by atoms with Crippen LogP contribution in [0, 0.1) is 5.92 Å². The molecular weight excluding hydrogens is 188 g/mol. The average Bonchev–Trinajstić information content (AvgIpc) is 2.02. The van der Waals surface area contributed by atoms with E-state index in [1.807, 2.05) is 0 Å². The lowest BCUT2D eigenvalue weighted by molar-refractivity contribution is -0.121. The van der Waals surface area contributed by atoms with Crippen molar-refractivity contribution < 1.29 is 4.79 Å². The quantitative estimate of drug-likeness (QED) is 0.651. The van der Waals surface area contributed by atoms with E-state index in [1.165, 1.54) is 11.6 Å². The van der Waals surface area contributed by atoms with Gasteiger partial charge < -0.3 is 0 Å². The number of carbonyl (C=O) groups is 1. The molecule has 0 aliphatic heterocycles. The molecule has 0 saturated heterocycles. The molecule has 0 amide bonds. The van der Waals surface area contributed by atoms with Crippen LogP contribution in [-0.2, 0) is 4.79 Å².